The molecule has 1 atom stereocenters. The summed E-state index contributed by atoms with van der Waals surface area (Å²) in [5.41, 5.74) is -2.22. The summed E-state index contributed by atoms with van der Waals surface area (Å²) in [5, 5.41) is 4.70. The van der Waals surface area contributed by atoms with Gasteiger partial charge in [-0.25, -0.2) is 0 Å². The van der Waals surface area contributed by atoms with E-state index in [0.717, 1.165) is 25.2 Å². The van der Waals surface area contributed by atoms with Crippen molar-refractivity contribution in [2.75, 3.05) is 65.6 Å². The number of morpholine rings is 1. The van der Waals surface area contributed by atoms with E-state index in [1.165, 1.54) is 4.90 Å². The lowest BCUT2D eigenvalue weighted by atomic mass is 9.99. The zero-order valence-corrected chi connectivity index (χ0v) is 24.3. The highest BCUT2D eigenvalue weighted by atomic mass is 35.5. The molecule has 2 aliphatic heterocycles. The molecule has 4 rings (SSSR count). The molecule has 0 N–H and O–H groups in total. The highest BCUT2D eigenvalue weighted by Gasteiger charge is 2.39. The van der Waals surface area contributed by atoms with Crippen LogP contribution in [-0.4, -0.2) is 98.0 Å². The zero-order valence-electron chi connectivity index (χ0n) is 23.6. The van der Waals surface area contributed by atoms with Gasteiger partial charge in [-0.05, 0) is 49.2 Å². The third-order valence-electron chi connectivity index (χ3n) is 7.32. The van der Waals surface area contributed by atoms with E-state index < -0.39 is 41.0 Å². The predicted molar refractivity (Wildman–Crippen MR) is 149 cm³/mol. The van der Waals surface area contributed by atoms with Crippen LogP contribution in [0.15, 0.2) is 47.6 Å². The average Bonchev–Trinajstić information content (AvgIpc) is 2.96. The molecule has 43 heavy (non-hydrogen) atoms. The highest BCUT2D eigenvalue weighted by Crippen LogP contribution is 2.37. The maximum absolute atomic E-state index is 13.5. The Labute approximate surface area is 250 Å². The Morgan fingerprint density at radius 2 is 1.58 bits per heavy atom. The van der Waals surface area contributed by atoms with Crippen molar-refractivity contribution >= 4 is 23.2 Å². The monoisotopic (exact) mass is 634 g/mol. The molecule has 0 saturated carbocycles. The third kappa shape index (κ3) is 9.56. The smallest absolute Gasteiger partial charge is 0.394 e. The summed E-state index contributed by atoms with van der Waals surface area (Å²) in [7, 11) is 0. The van der Waals surface area contributed by atoms with Crippen molar-refractivity contribution < 1.29 is 40.7 Å². The lowest BCUT2D eigenvalue weighted by Crippen LogP contribution is -2.56. The van der Waals surface area contributed by atoms with E-state index in [4.69, 9.17) is 21.2 Å². The summed E-state index contributed by atoms with van der Waals surface area (Å²) in [6, 6.07) is 7.33. The van der Waals surface area contributed by atoms with E-state index in [1.54, 1.807) is 24.3 Å². The van der Waals surface area contributed by atoms with Crippen LogP contribution in [0.2, 0.25) is 5.02 Å². The van der Waals surface area contributed by atoms with Crippen LogP contribution in [-0.2, 0) is 28.3 Å². The molecule has 1 amide bonds. The summed E-state index contributed by atoms with van der Waals surface area (Å²) in [6.45, 7) is 7.15. The first-order valence-corrected chi connectivity index (χ1v) is 14.2. The number of benzene rings is 2. The van der Waals surface area contributed by atoms with Gasteiger partial charge in [0.15, 0.2) is 0 Å². The lowest BCUT2D eigenvalue weighted by Gasteiger charge is -2.41. The van der Waals surface area contributed by atoms with Gasteiger partial charge in [0.2, 0.25) is 0 Å². The van der Waals surface area contributed by atoms with Gasteiger partial charge in [-0.15, -0.1) is 0 Å². The molecular formula is C29H33ClF6N4O3. The minimum Gasteiger partial charge on any atom is -0.394 e. The molecule has 2 fully saturated rings. The van der Waals surface area contributed by atoms with E-state index in [2.05, 4.69) is 10.1 Å². The van der Waals surface area contributed by atoms with Crippen molar-refractivity contribution in [2.24, 2.45) is 5.16 Å². The molecular weight excluding hydrogens is 602 g/mol. The number of oxime groups is 1. The quantitative estimate of drug-likeness (QED) is 0.159. The van der Waals surface area contributed by atoms with E-state index >= 15 is 0 Å². The van der Waals surface area contributed by atoms with E-state index in [1.807, 2.05) is 11.8 Å². The van der Waals surface area contributed by atoms with E-state index in [-0.39, 0.29) is 12.6 Å². The van der Waals surface area contributed by atoms with Crippen LogP contribution in [0.4, 0.5) is 26.3 Å². The molecule has 7 nitrogen and oxygen atoms in total. The van der Waals surface area contributed by atoms with Crippen LogP contribution >= 0.6 is 11.6 Å². The lowest BCUT2D eigenvalue weighted by molar-refractivity contribution is -0.143. The number of rotatable bonds is 9. The van der Waals surface area contributed by atoms with Crippen LogP contribution < -0.4 is 0 Å². The topological polar surface area (TPSA) is 57.6 Å². The van der Waals surface area contributed by atoms with Gasteiger partial charge in [0, 0.05) is 62.4 Å². The maximum Gasteiger partial charge on any atom is 0.416 e. The molecule has 0 aromatic heterocycles. The number of nitrogens with zero attached hydrogens (tertiary/aromatic N) is 4. The number of carbonyl (C=O) groups is 1. The van der Waals surface area contributed by atoms with Gasteiger partial charge >= 0.3 is 12.4 Å². The van der Waals surface area contributed by atoms with Crippen molar-refractivity contribution in [3.05, 3.63) is 69.7 Å². The van der Waals surface area contributed by atoms with Crippen LogP contribution in [0.25, 0.3) is 0 Å². The number of amides is 1. The van der Waals surface area contributed by atoms with Crippen LogP contribution in [0, 0.1) is 0 Å². The minimum absolute atomic E-state index is 0.0189. The summed E-state index contributed by atoms with van der Waals surface area (Å²) < 4.78 is 86.2. The van der Waals surface area contributed by atoms with Crippen molar-refractivity contribution in [1.82, 2.24) is 14.7 Å². The Bertz CT molecular complexity index is 1230. The minimum atomic E-state index is -5.06. The number of alkyl halides is 6. The Morgan fingerprint density at radius 1 is 0.953 bits per heavy atom. The summed E-state index contributed by atoms with van der Waals surface area (Å²) >= 11 is 6.00. The fraction of sp³-hybridized carbons (Fsp3) is 0.517. The SMILES string of the molecule is C/C(CN1CCN(C(=O)c2cc(C(F)(F)F)cc(C(F)(F)F)c2)C(Cc2ccc(Cl)cc2)C1)=N\OCCN1CCOCC1. The second-order valence-corrected chi connectivity index (χ2v) is 11.1. The summed E-state index contributed by atoms with van der Waals surface area (Å²) in [5.74, 6) is -0.896. The Hall–Kier alpha value is -2.87. The Morgan fingerprint density at radius 3 is 2.19 bits per heavy atom. The maximum atomic E-state index is 13.5. The molecule has 14 heteroatoms. The molecule has 0 radical (unpaired) electrons. The third-order valence-corrected chi connectivity index (χ3v) is 7.57. The average molecular weight is 635 g/mol. The van der Waals surface area contributed by atoms with Crippen molar-refractivity contribution in [2.45, 2.75) is 31.7 Å². The Balaban J connectivity index is 1.49. The van der Waals surface area contributed by atoms with Gasteiger partial charge in [0.1, 0.15) is 6.61 Å². The van der Waals surface area contributed by atoms with Gasteiger partial charge < -0.3 is 14.5 Å². The summed E-state index contributed by atoms with van der Waals surface area (Å²) in [4.78, 5) is 24.6. The van der Waals surface area contributed by atoms with Gasteiger partial charge in [-0.3, -0.25) is 14.6 Å². The normalized spacial score (nSPS) is 19.5. The van der Waals surface area contributed by atoms with Gasteiger partial charge in [0.05, 0.1) is 30.1 Å². The number of piperazine rings is 1. The number of carbonyl (C=O) groups excluding carboxylic acids is 1. The number of halogens is 7. The highest BCUT2D eigenvalue weighted by molar-refractivity contribution is 6.30. The molecule has 0 bridgehead atoms. The molecule has 1 unspecified atom stereocenters. The largest absolute Gasteiger partial charge is 0.416 e. The Kier molecular flexibility index (Phi) is 11.0. The first-order chi connectivity index (χ1) is 20.3. The van der Waals surface area contributed by atoms with Crippen molar-refractivity contribution in [3.63, 3.8) is 0 Å². The van der Waals surface area contributed by atoms with Gasteiger partial charge in [0.25, 0.3) is 5.91 Å². The first-order valence-electron chi connectivity index (χ1n) is 13.8. The van der Waals surface area contributed by atoms with Crippen molar-refractivity contribution in [3.8, 4) is 0 Å². The molecule has 2 aromatic carbocycles. The zero-order chi connectivity index (χ0) is 31.2. The van der Waals surface area contributed by atoms with Crippen LogP contribution in [0.1, 0.15) is 34.0 Å². The molecule has 2 aromatic rings. The van der Waals surface area contributed by atoms with Crippen molar-refractivity contribution in [1.29, 1.82) is 0 Å². The summed E-state index contributed by atoms with van der Waals surface area (Å²) in [6.07, 6.45) is -9.80. The first kappa shape index (κ1) is 33.0. The molecule has 2 heterocycles. The van der Waals surface area contributed by atoms with Crippen LogP contribution in [0.5, 0.6) is 0 Å². The standard InChI is InChI=1S/C29H33ClF6N4O3/c1-20(37-43-13-10-38-8-11-42-12-9-38)18-39-6-7-40(26(19-39)14-21-2-4-25(30)5-3-21)27(41)22-15-23(28(31,32)33)17-24(16-22)29(34,35)36/h2-5,15-17,26H,6-14,18-19H2,1H3/b37-20+. The number of ether oxygens (including phenoxy) is 1. The molecule has 0 spiro atoms. The van der Waals surface area contributed by atoms with Gasteiger partial charge in [-0.2, -0.15) is 26.3 Å². The predicted octanol–water partition coefficient (Wildman–Crippen LogP) is 5.47. The fourth-order valence-electron chi connectivity index (χ4n) is 5.15. The number of hydrogen-bond donors (Lipinski definition) is 0. The number of hydrogen-bond acceptors (Lipinski definition) is 6. The second-order valence-electron chi connectivity index (χ2n) is 10.6. The van der Waals surface area contributed by atoms with Crippen LogP contribution in [0.3, 0.4) is 0 Å². The molecule has 2 saturated heterocycles. The molecule has 236 valence electrons. The second kappa shape index (κ2) is 14.3. The molecule has 0 aliphatic carbocycles. The van der Waals surface area contributed by atoms with E-state index in [9.17, 15) is 31.1 Å². The van der Waals surface area contributed by atoms with Gasteiger partial charge in [-0.1, -0.05) is 28.9 Å². The molecule has 2 aliphatic rings. The van der Waals surface area contributed by atoms with E-state index in [0.29, 0.717) is 68.7 Å². The fourth-order valence-corrected chi connectivity index (χ4v) is 5.27.